The number of esters is 1. The lowest BCUT2D eigenvalue weighted by atomic mass is 10.1. The summed E-state index contributed by atoms with van der Waals surface area (Å²) in [6.45, 7) is 5.34. The summed E-state index contributed by atoms with van der Waals surface area (Å²) in [6.07, 6.45) is 3.83. The summed E-state index contributed by atoms with van der Waals surface area (Å²) in [5.41, 5.74) is 3.14. The molecule has 0 spiro atoms. The van der Waals surface area contributed by atoms with Crippen LogP contribution in [-0.2, 0) is 27.4 Å². The fraction of sp³-hybridized carbons (Fsp3) is 0.391. The molecule has 2 aromatic rings. The molecule has 0 aliphatic carbocycles. The Bertz CT molecular complexity index is 997. The van der Waals surface area contributed by atoms with Gasteiger partial charge in [0.05, 0.1) is 13.2 Å². The minimum Gasteiger partial charge on any atom is -0.494 e. The highest BCUT2D eigenvalue weighted by Gasteiger charge is 2.19. The number of hydrogen-bond donors (Lipinski definition) is 0. The number of methoxy groups -OCH3 is 1. The molecule has 0 N–H and O–H groups in total. The molecule has 158 valence electrons. The number of halogens is 1. The molecule has 3 rings (SSSR count). The minimum absolute atomic E-state index is 0.110. The Morgan fingerprint density at radius 2 is 2.20 bits per heavy atom. The Hall–Kier alpha value is -3.11. The summed E-state index contributed by atoms with van der Waals surface area (Å²) < 4.78 is 31.7. The summed E-state index contributed by atoms with van der Waals surface area (Å²) in [5, 5.41) is 9.44. The monoisotopic (exact) mass is 412 g/mol. The van der Waals surface area contributed by atoms with Crippen molar-refractivity contribution in [1.29, 1.82) is 5.26 Å². The van der Waals surface area contributed by atoms with E-state index in [0.717, 1.165) is 42.9 Å². The molecule has 1 aromatic carbocycles. The van der Waals surface area contributed by atoms with Gasteiger partial charge in [-0.05, 0) is 62.1 Å². The van der Waals surface area contributed by atoms with Gasteiger partial charge in [0.25, 0.3) is 0 Å². The molecule has 1 aliphatic rings. The molecule has 1 aromatic heterocycles. The third-order valence-electron chi connectivity index (χ3n) is 5.25. The summed E-state index contributed by atoms with van der Waals surface area (Å²) in [4.78, 5) is 12.4. The number of aryl methyl sites for hydroxylation is 1. The second kappa shape index (κ2) is 9.59. The van der Waals surface area contributed by atoms with E-state index < -0.39 is 11.8 Å². The number of hydrogen-bond acceptors (Lipinski definition) is 5. The second-order valence-electron chi connectivity index (χ2n) is 7.29. The number of aromatic nitrogens is 1. The van der Waals surface area contributed by atoms with Crippen molar-refractivity contribution in [1.82, 2.24) is 4.57 Å². The summed E-state index contributed by atoms with van der Waals surface area (Å²) in [5.74, 6) is -1.18. The minimum atomic E-state index is -0.752. The number of carbonyl (C=O) groups excluding carboxylic acids is 1. The molecule has 0 unspecified atom stereocenters. The van der Waals surface area contributed by atoms with Gasteiger partial charge in [0, 0.05) is 24.5 Å². The first-order valence-electron chi connectivity index (χ1n) is 9.82. The van der Waals surface area contributed by atoms with Crippen molar-refractivity contribution in [2.45, 2.75) is 45.9 Å². The van der Waals surface area contributed by atoms with Crippen LogP contribution in [0.15, 0.2) is 29.8 Å². The predicted octanol–water partition coefficient (Wildman–Crippen LogP) is 4.08. The van der Waals surface area contributed by atoms with Crippen molar-refractivity contribution < 1.29 is 23.4 Å². The van der Waals surface area contributed by atoms with Crippen molar-refractivity contribution in [3.8, 4) is 11.8 Å². The smallest absolute Gasteiger partial charge is 0.349 e. The Morgan fingerprint density at radius 3 is 2.83 bits per heavy atom. The summed E-state index contributed by atoms with van der Waals surface area (Å²) in [6, 6.07) is 8.14. The van der Waals surface area contributed by atoms with E-state index in [1.165, 1.54) is 25.3 Å². The SMILES string of the molecule is COc1ccc(COC(=O)/C(C#N)=C/c2cc(C)n(C[C@H]3CCCO3)c2C)cc1F. The van der Waals surface area contributed by atoms with Gasteiger partial charge in [-0.15, -0.1) is 0 Å². The van der Waals surface area contributed by atoms with Gasteiger partial charge in [0.2, 0.25) is 0 Å². The summed E-state index contributed by atoms with van der Waals surface area (Å²) in [7, 11) is 1.37. The lowest BCUT2D eigenvalue weighted by molar-refractivity contribution is -0.139. The molecule has 6 nitrogen and oxygen atoms in total. The molecule has 1 saturated heterocycles. The van der Waals surface area contributed by atoms with Crippen LogP contribution in [0.3, 0.4) is 0 Å². The topological polar surface area (TPSA) is 73.5 Å². The molecular formula is C23H25FN2O4. The van der Waals surface area contributed by atoms with Crippen LogP contribution >= 0.6 is 0 Å². The fourth-order valence-electron chi connectivity index (χ4n) is 3.57. The van der Waals surface area contributed by atoms with Gasteiger partial charge in [0.15, 0.2) is 11.6 Å². The molecule has 0 radical (unpaired) electrons. The van der Waals surface area contributed by atoms with Crippen LogP contribution in [0.5, 0.6) is 5.75 Å². The van der Waals surface area contributed by atoms with Gasteiger partial charge in [0.1, 0.15) is 18.2 Å². The maximum atomic E-state index is 13.8. The zero-order chi connectivity index (χ0) is 21.7. The van der Waals surface area contributed by atoms with Crippen LogP contribution in [0.4, 0.5) is 4.39 Å². The number of nitrogens with zero attached hydrogens (tertiary/aromatic N) is 2. The molecule has 2 heterocycles. The standard InChI is InChI=1S/C23H25FN2O4/c1-15-9-18(16(2)26(15)13-20-5-4-8-29-20)11-19(12-25)23(27)30-14-17-6-7-22(28-3)21(24)10-17/h6-7,9-11,20H,4-5,8,13-14H2,1-3H3/b19-11+/t20-/m1/s1. The Labute approximate surface area is 175 Å². The maximum absolute atomic E-state index is 13.8. The molecule has 30 heavy (non-hydrogen) atoms. The molecule has 7 heteroatoms. The largest absolute Gasteiger partial charge is 0.494 e. The first kappa shape index (κ1) is 21.6. The van der Waals surface area contributed by atoms with E-state index in [1.807, 2.05) is 26.0 Å². The van der Waals surface area contributed by atoms with Crippen LogP contribution in [0.2, 0.25) is 0 Å². The quantitative estimate of drug-likeness (QED) is 0.389. The van der Waals surface area contributed by atoms with Crippen LogP contribution < -0.4 is 4.74 Å². The van der Waals surface area contributed by atoms with Crippen molar-refractivity contribution in [2.75, 3.05) is 13.7 Å². The van der Waals surface area contributed by atoms with Crippen LogP contribution in [0, 0.1) is 31.0 Å². The van der Waals surface area contributed by atoms with Gasteiger partial charge in [-0.2, -0.15) is 5.26 Å². The lowest BCUT2D eigenvalue weighted by Gasteiger charge is -2.14. The number of ether oxygens (including phenoxy) is 3. The van der Waals surface area contributed by atoms with Crippen molar-refractivity contribution in [3.05, 3.63) is 58.2 Å². The number of nitriles is 1. The van der Waals surface area contributed by atoms with E-state index in [0.29, 0.717) is 5.56 Å². The zero-order valence-corrected chi connectivity index (χ0v) is 17.4. The van der Waals surface area contributed by atoms with E-state index in [9.17, 15) is 14.4 Å². The lowest BCUT2D eigenvalue weighted by Crippen LogP contribution is -2.16. The number of benzene rings is 1. The van der Waals surface area contributed by atoms with Crippen LogP contribution in [0.25, 0.3) is 6.08 Å². The molecule has 1 aliphatic heterocycles. The Kier molecular flexibility index (Phi) is 6.91. The second-order valence-corrected chi connectivity index (χ2v) is 7.29. The van der Waals surface area contributed by atoms with Gasteiger partial charge >= 0.3 is 5.97 Å². The van der Waals surface area contributed by atoms with E-state index in [2.05, 4.69) is 4.57 Å². The van der Waals surface area contributed by atoms with Gasteiger partial charge in [-0.3, -0.25) is 0 Å². The highest BCUT2D eigenvalue weighted by Crippen LogP contribution is 2.23. The Morgan fingerprint density at radius 1 is 1.40 bits per heavy atom. The van der Waals surface area contributed by atoms with Gasteiger partial charge in [-0.1, -0.05) is 6.07 Å². The highest BCUT2D eigenvalue weighted by molar-refractivity contribution is 5.98. The van der Waals surface area contributed by atoms with E-state index in [-0.39, 0.29) is 24.0 Å². The third kappa shape index (κ3) is 4.89. The van der Waals surface area contributed by atoms with Gasteiger partial charge < -0.3 is 18.8 Å². The van der Waals surface area contributed by atoms with Crippen LogP contribution in [-0.4, -0.2) is 30.4 Å². The van der Waals surface area contributed by atoms with Crippen molar-refractivity contribution in [3.63, 3.8) is 0 Å². The third-order valence-corrected chi connectivity index (χ3v) is 5.25. The van der Waals surface area contributed by atoms with Crippen LogP contribution in [0.1, 0.15) is 35.4 Å². The van der Waals surface area contributed by atoms with Gasteiger partial charge in [-0.25, -0.2) is 9.18 Å². The Balaban J connectivity index is 1.71. The van der Waals surface area contributed by atoms with E-state index in [1.54, 1.807) is 6.07 Å². The molecule has 1 atom stereocenters. The zero-order valence-electron chi connectivity index (χ0n) is 17.4. The number of carbonyl (C=O) groups is 1. The highest BCUT2D eigenvalue weighted by atomic mass is 19.1. The molecule has 1 fully saturated rings. The predicted molar refractivity (Wildman–Crippen MR) is 109 cm³/mol. The normalized spacial score (nSPS) is 16.4. The molecule has 0 saturated carbocycles. The average molecular weight is 412 g/mol. The maximum Gasteiger partial charge on any atom is 0.349 e. The molecule has 0 amide bonds. The molecule has 0 bridgehead atoms. The number of rotatable bonds is 7. The van der Waals surface area contributed by atoms with E-state index >= 15 is 0 Å². The summed E-state index contributed by atoms with van der Waals surface area (Å²) >= 11 is 0. The average Bonchev–Trinajstić information content (AvgIpc) is 3.34. The first-order valence-corrected chi connectivity index (χ1v) is 9.82. The fourth-order valence-corrected chi connectivity index (χ4v) is 3.57. The van der Waals surface area contributed by atoms with E-state index in [4.69, 9.17) is 14.2 Å². The van der Waals surface area contributed by atoms with Crippen molar-refractivity contribution in [2.24, 2.45) is 0 Å². The van der Waals surface area contributed by atoms with Crippen molar-refractivity contribution >= 4 is 12.0 Å². The molecular weight excluding hydrogens is 387 g/mol. The first-order chi connectivity index (χ1) is 14.4.